The van der Waals surface area contributed by atoms with Crippen LogP contribution in [0.25, 0.3) is 148 Å². The minimum absolute atomic E-state index is 1.09. The molecule has 0 amide bonds. The Morgan fingerprint density at radius 1 is 0.209 bits per heavy atom. The van der Waals surface area contributed by atoms with E-state index in [1.54, 1.807) is 0 Å². The molecule has 1 heterocycles. The van der Waals surface area contributed by atoms with Crippen LogP contribution >= 0.6 is 15.9 Å². The zero-order valence-corrected chi connectivity index (χ0v) is 51.6. The highest BCUT2D eigenvalue weighted by Gasteiger charge is 2.21. The van der Waals surface area contributed by atoms with E-state index >= 15 is 0 Å². The maximum Gasteiger partial charge on any atom is 0.0541 e. The Bertz CT molecular complexity index is 5420. The molecule has 1 aliphatic rings. The third-order valence-electron chi connectivity index (χ3n) is 18.2. The second kappa shape index (κ2) is 24.1. The minimum atomic E-state index is 1.09. The Hall–Kier alpha value is -11.2. The fraction of sp³-hybridized carbons (Fsp3) is 0.0112. The van der Waals surface area contributed by atoms with Crippen LogP contribution in [0, 0.1) is 0 Å². The van der Waals surface area contributed by atoms with Crippen molar-refractivity contribution in [3.63, 3.8) is 0 Å². The largest absolute Gasteiger partial charge is 0.309 e. The number of fused-ring (bicyclic) bond motifs is 10. The topological polar surface area (TPSA) is 4.93 Å². The molecular formula is C89H60BrN. The van der Waals surface area contributed by atoms with Crippen molar-refractivity contribution in [2.45, 2.75) is 6.42 Å². The number of halogens is 1. The SMILES string of the molecule is Brc1ccc(-c2c3ccccc3c(-c3ccccc3)c3cc(-c4ccccc4)ccc23)cc1.c1ccc(-c2ccc3c(-c4ccc(-n5c6ccccc6c6ccccc65)cc4)c4ccccc4c(-c4ccccc4)c3c2)cc1.c1ccc2c(c1)Cc1ccccc1-2. The monoisotopic (exact) mass is 1220 g/mol. The average molecular weight is 1220 g/mol. The predicted molar refractivity (Wildman–Crippen MR) is 392 cm³/mol. The molecule has 1 aromatic heterocycles. The van der Waals surface area contributed by atoms with Crippen molar-refractivity contribution in [1.29, 1.82) is 0 Å². The first-order valence-electron chi connectivity index (χ1n) is 31.3. The summed E-state index contributed by atoms with van der Waals surface area (Å²) in [5, 5.41) is 12.7. The maximum atomic E-state index is 3.60. The van der Waals surface area contributed by atoms with E-state index in [-0.39, 0.29) is 0 Å². The summed E-state index contributed by atoms with van der Waals surface area (Å²) in [6.07, 6.45) is 1.10. The molecule has 17 aromatic rings. The molecule has 0 unspecified atom stereocenters. The van der Waals surface area contributed by atoms with Gasteiger partial charge in [-0.3, -0.25) is 0 Å². The number of para-hydroxylation sites is 2. The molecule has 0 spiro atoms. The third-order valence-corrected chi connectivity index (χ3v) is 18.7. The van der Waals surface area contributed by atoms with E-state index in [0.717, 1.165) is 16.6 Å². The van der Waals surface area contributed by atoms with Crippen molar-refractivity contribution in [1.82, 2.24) is 4.57 Å². The second-order valence-corrected chi connectivity index (χ2v) is 24.4. The average Bonchev–Trinajstić information content (AvgIpc) is 1.51. The van der Waals surface area contributed by atoms with Crippen molar-refractivity contribution in [3.05, 3.63) is 367 Å². The van der Waals surface area contributed by atoms with Gasteiger partial charge in [-0.25, -0.2) is 0 Å². The van der Waals surface area contributed by atoms with E-state index in [4.69, 9.17) is 0 Å². The minimum Gasteiger partial charge on any atom is -0.309 e. The lowest BCUT2D eigenvalue weighted by Crippen LogP contribution is -1.95. The number of rotatable bonds is 7. The Morgan fingerprint density at radius 3 is 0.901 bits per heavy atom. The highest BCUT2D eigenvalue weighted by molar-refractivity contribution is 9.10. The van der Waals surface area contributed by atoms with Gasteiger partial charge in [-0.2, -0.15) is 0 Å². The number of hydrogen-bond donors (Lipinski definition) is 0. The van der Waals surface area contributed by atoms with Gasteiger partial charge < -0.3 is 4.57 Å². The molecule has 0 radical (unpaired) electrons. The molecular weight excluding hydrogens is 1160 g/mol. The number of aromatic nitrogens is 1. The quantitative estimate of drug-likeness (QED) is 0.140. The zero-order chi connectivity index (χ0) is 60.6. The first-order chi connectivity index (χ1) is 45.1. The summed E-state index contributed by atoms with van der Waals surface area (Å²) in [4.78, 5) is 0. The van der Waals surface area contributed by atoms with Crippen molar-refractivity contribution < 1.29 is 0 Å². The lowest BCUT2D eigenvalue weighted by atomic mass is 9.85. The highest BCUT2D eigenvalue weighted by Crippen LogP contribution is 2.48. The van der Waals surface area contributed by atoms with E-state index in [1.165, 1.54) is 154 Å². The Morgan fingerprint density at radius 2 is 0.495 bits per heavy atom. The van der Waals surface area contributed by atoms with Crippen LogP contribution in [0.15, 0.2) is 356 Å². The molecule has 0 N–H and O–H groups in total. The molecule has 91 heavy (non-hydrogen) atoms. The molecule has 428 valence electrons. The van der Waals surface area contributed by atoms with Crippen LogP contribution in [-0.2, 0) is 6.42 Å². The van der Waals surface area contributed by atoms with E-state index in [2.05, 4.69) is 372 Å². The Labute approximate surface area is 539 Å². The van der Waals surface area contributed by atoms with Crippen molar-refractivity contribution in [2.24, 2.45) is 0 Å². The van der Waals surface area contributed by atoms with Crippen LogP contribution in [0.5, 0.6) is 0 Å². The predicted octanol–water partition coefficient (Wildman–Crippen LogP) is 25.1. The molecule has 0 atom stereocenters. The lowest BCUT2D eigenvalue weighted by molar-refractivity contribution is 1.18. The van der Waals surface area contributed by atoms with Gasteiger partial charge in [0.15, 0.2) is 0 Å². The van der Waals surface area contributed by atoms with Gasteiger partial charge in [-0.05, 0) is 187 Å². The van der Waals surface area contributed by atoms with E-state index < -0.39 is 0 Å². The van der Waals surface area contributed by atoms with E-state index in [1.807, 2.05) is 0 Å². The first kappa shape index (κ1) is 55.2. The lowest BCUT2D eigenvalue weighted by Gasteiger charge is -2.19. The number of hydrogen-bond acceptors (Lipinski definition) is 0. The molecule has 0 bridgehead atoms. The van der Waals surface area contributed by atoms with Crippen LogP contribution < -0.4 is 0 Å². The summed E-state index contributed by atoms with van der Waals surface area (Å²) >= 11 is 3.60. The summed E-state index contributed by atoms with van der Waals surface area (Å²) < 4.78 is 3.47. The van der Waals surface area contributed by atoms with Crippen LogP contribution in [0.3, 0.4) is 0 Å². The fourth-order valence-corrected chi connectivity index (χ4v) is 14.4. The van der Waals surface area contributed by atoms with Gasteiger partial charge in [0.2, 0.25) is 0 Å². The van der Waals surface area contributed by atoms with Gasteiger partial charge in [-0.1, -0.05) is 319 Å². The van der Waals surface area contributed by atoms with Gasteiger partial charge in [0.05, 0.1) is 11.0 Å². The molecule has 0 saturated heterocycles. The summed E-state index contributed by atoms with van der Waals surface area (Å²) in [5.74, 6) is 0. The molecule has 2 heteroatoms. The smallest absolute Gasteiger partial charge is 0.0541 e. The Balaban J connectivity index is 0.000000125. The molecule has 18 rings (SSSR count). The number of benzene rings is 16. The molecule has 0 saturated carbocycles. The van der Waals surface area contributed by atoms with Crippen LogP contribution in [-0.4, -0.2) is 4.57 Å². The first-order valence-corrected chi connectivity index (χ1v) is 32.1. The Kier molecular flexibility index (Phi) is 14.6. The highest BCUT2D eigenvalue weighted by atomic mass is 79.9. The van der Waals surface area contributed by atoms with Crippen LogP contribution in [0.4, 0.5) is 0 Å². The standard InChI is InChI=1S/C44H29N.C32H21Br.C13H10/c1-3-13-30(14-4-1)33-25-28-39-40(29-33)44(31-15-5-2-6-16-31)38-20-8-7-19-37(38)43(39)32-23-26-34(27-24-32)45-41-21-11-9-17-35(41)36-18-10-12-22-42(36)45;33-26-18-15-24(16-19-26)31-27-13-7-8-14-28(27)32(23-11-5-2-6-12-23)30-21-25(17-20-29(30)31)22-9-3-1-4-10-22;1-3-7-12-10(5-1)9-11-6-2-4-8-13(11)12/h1-29H;1-21H;1-8H,9H2. The zero-order valence-electron chi connectivity index (χ0n) is 50.0. The van der Waals surface area contributed by atoms with Crippen LogP contribution in [0.2, 0.25) is 0 Å². The fourth-order valence-electron chi connectivity index (χ4n) is 14.1. The van der Waals surface area contributed by atoms with Crippen molar-refractivity contribution in [2.75, 3.05) is 0 Å². The second-order valence-electron chi connectivity index (χ2n) is 23.5. The maximum absolute atomic E-state index is 3.60. The summed E-state index contributed by atoms with van der Waals surface area (Å²) in [5.41, 5.74) is 24.3. The normalized spacial score (nSPS) is 11.5. The van der Waals surface area contributed by atoms with Gasteiger partial charge in [0.1, 0.15) is 0 Å². The van der Waals surface area contributed by atoms with Crippen molar-refractivity contribution >= 4 is 80.8 Å². The summed E-state index contributed by atoms with van der Waals surface area (Å²) in [7, 11) is 0. The molecule has 0 fully saturated rings. The molecule has 16 aromatic carbocycles. The van der Waals surface area contributed by atoms with Gasteiger partial charge in [0.25, 0.3) is 0 Å². The van der Waals surface area contributed by atoms with Gasteiger partial charge >= 0.3 is 0 Å². The van der Waals surface area contributed by atoms with Crippen molar-refractivity contribution in [3.8, 4) is 83.6 Å². The summed E-state index contributed by atoms with van der Waals surface area (Å²) in [6.45, 7) is 0. The van der Waals surface area contributed by atoms with Gasteiger partial charge in [0, 0.05) is 20.9 Å². The molecule has 1 aliphatic carbocycles. The van der Waals surface area contributed by atoms with E-state index in [0.29, 0.717) is 0 Å². The van der Waals surface area contributed by atoms with Gasteiger partial charge in [-0.15, -0.1) is 0 Å². The molecule has 1 nitrogen and oxygen atoms in total. The number of nitrogens with zero attached hydrogens (tertiary/aromatic N) is 1. The summed E-state index contributed by atoms with van der Waals surface area (Å²) in [6, 6.07) is 127. The molecule has 0 aliphatic heterocycles. The van der Waals surface area contributed by atoms with Crippen LogP contribution in [0.1, 0.15) is 11.1 Å². The third kappa shape index (κ3) is 10.3. The van der Waals surface area contributed by atoms with E-state index in [9.17, 15) is 0 Å².